The Hall–Kier alpha value is -3.35. The van der Waals surface area contributed by atoms with Crippen LogP contribution in [-0.2, 0) is 19.1 Å². The zero-order valence-electron chi connectivity index (χ0n) is 16.3. The van der Waals surface area contributed by atoms with Crippen molar-refractivity contribution in [2.45, 2.75) is 26.1 Å². The van der Waals surface area contributed by atoms with Crippen molar-refractivity contribution >= 4 is 17.3 Å². The predicted octanol–water partition coefficient (Wildman–Crippen LogP) is 5.22. The van der Waals surface area contributed by atoms with Crippen molar-refractivity contribution in [3.05, 3.63) is 88.7 Å². The Balaban J connectivity index is 1.53. The molecule has 154 valence electrons. The van der Waals surface area contributed by atoms with E-state index in [-0.39, 0.29) is 5.69 Å². The maximum absolute atomic E-state index is 12.9. The van der Waals surface area contributed by atoms with E-state index < -0.39 is 17.6 Å². The van der Waals surface area contributed by atoms with Gasteiger partial charge in [-0.25, -0.2) is 0 Å². The Morgan fingerprint density at radius 3 is 2.73 bits per heavy atom. The number of nitrogens with one attached hydrogen (secondary N) is 1. The minimum Gasteiger partial charge on any atom is -0.367 e. The Morgan fingerprint density at radius 2 is 1.97 bits per heavy atom. The molecule has 0 bridgehead atoms. The van der Waals surface area contributed by atoms with Crippen LogP contribution < -0.4 is 10.2 Å². The maximum Gasteiger partial charge on any atom is 0.416 e. The minimum absolute atomic E-state index is 0.109. The van der Waals surface area contributed by atoms with E-state index in [1.165, 1.54) is 12.1 Å². The fraction of sp³-hybridized carbons (Fsp3) is 0.217. The third-order valence-corrected chi connectivity index (χ3v) is 5.09. The summed E-state index contributed by atoms with van der Waals surface area (Å²) >= 11 is 0. The highest BCUT2D eigenvalue weighted by Crippen LogP contribution is 2.32. The molecule has 2 heterocycles. The van der Waals surface area contributed by atoms with Gasteiger partial charge in [0.25, 0.3) is 5.91 Å². The summed E-state index contributed by atoms with van der Waals surface area (Å²) in [5.41, 5.74) is 3.99. The Kier molecular flexibility index (Phi) is 5.20. The molecule has 1 aliphatic heterocycles. The predicted molar refractivity (Wildman–Crippen MR) is 110 cm³/mol. The van der Waals surface area contributed by atoms with Crippen LogP contribution in [0, 0.1) is 6.92 Å². The molecule has 4 nitrogen and oxygen atoms in total. The van der Waals surface area contributed by atoms with Gasteiger partial charge in [0, 0.05) is 42.4 Å². The number of pyridine rings is 1. The van der Waals surface area contributed by atoms with E-state index in [1.54, 1.807) is 18.3 Å². The second-order valence-corrected chi connectivity index (χ2v) is 7.42. The summed E-state index contributed by atoms with van der Waals surface area (Å²) in [6, 6.07) is 12.1. The second kappa shape index (κ2) is 7.82. The standard InChI is InChI=1S/C23H20F3N3O/c1-15-9-16(13-27-12-15)14-29-8-7-17-5-6-18(10-21(17)29)22(30)28-20-4-2-3-19(11-20)23(24,25)26/h2-6,9-13H,7-8,14H2,1H3,(H,28,30). The number of anilines is 2. The molecule has 0 atom stereocenters. The summed E-state index contributed by atoms with van der Waals surface area (Å²) in [4.78, 5) is 19.1. The minimum atomic E-state index is -4.46. The highest BCUT2D eigenvalue weighted by atomic mass is 19.4. The van der Waals surface area contributed by atoms with Gasteiger partial charge in [0.2, 0.25) is 0 Å². The average molecular weight is 411 g/mol. The Morgan fingerprint density at radius 1 is 1.13 bits per heavy atom. The second-order valence-electron chi connectivity index (χ2n) is 7.42. The quantitative estimate of drug-likeness (QED) is 0.640. The fourth-order valence-corrected chi connectivity index (χ4v) is 3.65. The first kappa shape index (κ1) is 19.9. The van der Waals surface area contributed by atoms with Crippen LogP contribution in [-0.4, -0.2) is 17.4 Å². The number of nitrogens with zero attached hydrogens (tertiary/aromatic N) is 2. The number of fused-ring (bicyclic) bond motifs is 1. The number of aryl methyl sites for hydroxylation is 1. The molecule has 0 aliphatic carbocycles. The van der Waals surface area contributed by atoms with Gasteiger partial charge < -0.3 is 10.2 Å². The third-order valence-electron chi connectivity index (χ3n) is 5.09. The van der Waals surface area contributed by atoms with Crippen LogP contribution in [0.5, 0.6) is 0 Å². The van der Waals surface area contributed by atoms with E-state index >= 15 is 0 Å². The van der Waals surface area contributed by atoms with Crippen molar-refractivity contribution in [3.63, 3.8) is 0 Å². The molecule has 0 fully saturated rings. The van der Waals surface area contributed by atoms with Gasteiger partial charge in [-0.3, -0.25) is 9.78 Å². The molecule has 0 unspecified atom stereocenters. The number of rotatable bonds is 4. The van der Waals surface area contributed by atoms with E-state index in [0.717, 1.165) is 47.5 Å². The summed E-state index contributed by atoms with van der Waals surface area (Å²) in [5, 5.41) is 2.57. The monoisotopic (exact) mass is 411 g/mol. The number of hydrogen-bond acceptors (Lipinski definition) is 3. The van der Waals surface area contributed by atoms with E-state index in [1.807, 2.05) is 19.2 Å². The van der Waals surface area contributed by atoms with Gasteiger partial charge in [-0.15, -0.1) is 0 Å². The molecule has 1 aromatic heterocycles. The van der Waals surface area contributed by atoms with Gasteiger partial charge in [-0.05, 0) is 60.4 Å². The first-order valence-electron chi connectivity index (χ1n) is 9.56. The SMILES string of the molecule is Cc1cncc(CN2CCc3ccc(C(=O)Nc4cccc(C(F)(F)F)c4)cc32)c1. The molecule has 0 saturated carbocycles. The van der Waals surface area contributed by atoms with Gasteiger partial charge in [0.05, 0.1) is 5.56 Å². The lowest BCUT2D eigenvalue weighted by molar-refractivity contribution is -0.137. The van der Waals surface area contributed by atoms with Crippen molar-refractivity contribution in [3.8, 4) is 0 Å². The van der Waals surface area contributed by atoms with Gasteiger partial charge >= 0.3 is 6.18 Å². The molecule has 30 heavy (non-hydrogen) atoms. The molecule has 1 N–H and O–H groups in total. The highest BCUT2D eigenvalue weighted by molar-refractivity contribution is 6.05. The molecule has 7 heteroatoms. The zero-order chi connectivity index (χ0) is 21.3. The number of carbonyl (C=O) groups is 1. The number of amides is 1. The maximum atomic E-state index is 12.9. The van der Waals surface area contributed by atoms with E-state index in [4.69, 9.17) is 0 Å². The summed E-state index contributed by atoms with van der Waals surface area (Å²) in [6.07, 6.45) is 0.0520. The van der Waals surface area contributed by atoms with Crippen LogP contribution in [0.15, 0.2) is 60.9 Å². The third kappa shape index (κ3) is 4.30. The van der Waals surface area contributed by atoms with Crippen molar-refractivity contribution in [2.75, 3.05) is 16.8 Å². The first-order valence-corrected chi connectivity index (χ1v) is 9.56. The molecule has 1 aliphatic rings. The lowest BCUT2D eigenvalue weighted by atomic mass is 10.1. The smallest absolute Gasteiger partial charge is 0.367 e. The van der Waals surface area contributed by atoms with Gasteiger partial charge in [-0.1, -0.05) is 18.2 Å². The van der Waals surface area contributed by atoms with Gasteiger partial charge in [-0.2, -0.15) is 13.2 Å². The largest absolute Gasteiger partial charge is 0.416 e. The number of hydrogen-bond donors (Lipinski definition) is 1. The van der Waals surface area contributed by atoms with E-state index in [2.05, 4.69) is 21.3 Å². The molecular formula is C23H20F3N3O. The average Bonchev–Trinajstić information content (AvgIpc) is 3.09. The number of carbonyl (C=O) groups excluding carboxylic acids is 1. The zero-order valence-corrected chi connectivity index (χ0v) is 16.3. The Labute approximate surface area is 172 Å². The summed E-state index contributed by atoms with van der Waals surface area (Å²) in [7, 11) is 0. The van der Waals surface area contributed by atoms with Crippen molar-refractivity contribution in [2.24, 2.45) is 0 Å². The summed E-state index contributed by atoms with van der Waals surface area (Å²) in [6.45, 7) is 3.51. The number of halogens is 3. The molecule has 0 spiro atoms. The van der Waals surface area contributed by atoms with Crippen LogP contribution in [0.1, 0.15) is 32.6 Å². The Bertz CT molecular complexity index is 1100. The topological polar surface area (TPSA) is 45.2 Å². The molecule has 0 saturated heterocycles. The van der Waals surface area contributed by atoms with Gasteiger partial charge in [0.15, 0.2) is 0 Å². The molecule has 3 aromatic rings. The van der Waals surface area contributed by atoms with Crippen molar-refractivity contribution in [1.29, 1.82) is 0 Å². The highest BCUT2D eigenvalue weighted by Gasteiger charge is 2.30. The number of alkyl halides is 3. The first-order chi connectivity index (χ1) is 14.3. The van der Waals surface area contributed by atoms with Crippen molar-refractivity contribution in [1.82, 2.24) is 4.98 Å². The molecule has 4 rings (SSSR count). The van der Waals surface area contributed by atoms with Crippen LogP contribution in [0.25, 0.3) is 0 Å². The van der Waals surface area contributed by atoms with Crippen LogP contribution in [0.2, 0.25) is 0 Å². The van der Waals surface area contributed by atoms with Crippen molar-refractivity contribution < 1.29 is 18.0 Å². The van der Waals surface area contributed by atoms with Crippen LogP contribution in [0.3, 0.4) is 0 Å². The number of aromatic nitrogens is 1. The van der Waals surface area contributed by atoms with Gasteiger partial charge in [0.1, 0.15) is 0 Å². The van der Waals surface area contributed by atoms with E-state index in [0.29, 0.717) is 12.1 Å². The number of benzene rings is 2. The molecular weight excluding hydrogens is 391 g/mol. The van der Waals surface area contributed by atoms with Crippen LogP contribution >= 0.6 is 0 Å². The van der Waals surface area contributed by atoms with Crippen LogP contribution in [0.4, 0.5) is 24.5 Å². The molecule has 0 radical (unpaired) electrons. The normalized spacial score (nSPS) is 13.3. The lowest BCUT2D eigenvalue weighted by Crippen LogP contribution is -2.20. The van der Waals surface area contributed by atoms with E-state index in [9.17, 15) is 18.0 Å². The molecule has 2 aromatic carbocycles. The fourth-order valence-electron chi connectivity index (χ4n) is 3.65. The summed E-state index contributed by atoms with van der Waals surface area (Å²) < 4.78 is 38.7. The summed E-state index contributed by atoms with van der Waals surface area (Å²) in [5.74, 6) is -0.443. The lowest BCUT2D eigenvalue weighted by Gasteiger charge is -2.20. The molecule has 1 amide bonds.